The lowest BCUT2D eigenvalue weighted by Crippen LogP contribution is -2.36. The van der Waals surface area contributed by atoms with Gasteiger partial charge in [0.2, 0.25) is 0 Å². The molecule has 0 bridgehead atoms. The lowest BCUT2D eigenvalue weighted by molar-refractivity contribution is 0.102. The summed E-state index contributed by atoms with van der Waals surface area (Å²) < 4.78 is 7.12. The quantitative estimate of drug-likeness (QED) is 0.723. The second kappa shape index (κ2) is 7.67. The number of nitrogens with one attached hydrogen (secondary N) is 1. The van der Waals surface area contributed by atoms with Gasteiger partial charge in [0, 0.05) is 42.3 Å². The van der Waals surface area contributed by atoms with Gasteiger partial charge in [0.05, 0.1) is 30.8 Å². The number of nitrogens with zero attached hydrogens (tertiary/aromatic N) is 4. The number of halogens is 1. The number of thiazole rings is 1. The number of carbonyl (C=O) groups is 1. The zero-order valence-electron chi connectivity index (χ0n) is 14.7. The van der Waals surface area contributed by atoms with Gasteiger partial charge in [0.1, 0.15) is 10.7 Å². The van der Waals surface area contributed by atoms with Crippen molar-refractivity contribution in [1.82, 2.24) is 14.8 Å². The smallest absolute Gasteiger partial charge is 0.275 e. The van der Waals surface area contributed by atoms with Crippen LogP contribution in [0.5, 0.6) is 0 Å². The maximum Gasteiger partial charge on any atom is 0.275 e. The fourth-order valence-electron chi connectivity index (χ4n) is 2.92. The first-order chi connectivity index (χ1) is 13.1. The summed E-state index contributed by atoms with van der Waals surface area (Å²) in [6.07, 6.45) is 3.60. The molecule has 0 radical (unpaired) electrons. The number of anilines is 2. The summed E-state index contributed by atoms with van der Waals surface area (Å²) in [5.41, 5.74) is 2.86. The second-order valence-corrected chi connectivity index (χ2v) is 7.45. The molecule has 3 heterocycles. The van der Waals surface area contributed by atoms with Crippen LogP contribution in [0.15, 0.2) is 36.0 Å². The van der Waals surface area contributed by atoms with Crippen LogP contribution < -0.4 is 10.2 Å². The monoisotopic (exact) mass is 403 g/mol. The molecule has 7 nitrogen and oxygen atoms in total. The molecule has 1 aliphatic heterocycles. The largest absolute Gasteiger partial charge is 0.378 e. The minimum atomic E-state index is -0.266. The number of morpholine rings is 1. The summed E-state index contributed by atoms with van der Waals surface area (Å²) in [7, 11) is 1.84. The summed E-state index contributed by atoms with van der Waals surface area (Å²) in [6.45, 7) is 2.87. The molecule has 1 N–H and O–H groups in total. The van der Waals surface area contributed by atoms with Gasteiger partial charge in [-0.15, -0.1) is 11.3 Å². The number of hydrogen-bond donors (Lipinski definition) is 1. The zero-order valence-corrected chi connectivity index (χ0v) is 16.3. The van der Waals surface area contributed by atoms with E-state index in [-0.39, 0.29) is 5.91 Å². The van der Waals surface area contributed by atoms with Gasteiger partial charge in [-0.2, -0.15) is 5.10 Å². The van der Waals surface area contributed by atoms with Crippen LogP contribution in [0, 0.1) is 0 Å². The first kappa shape index (κ1) is 18.0. The first-order valence-corrected chi connectivity index (χ1v) is 9.74. The number of benzene rings is 1. The molecule has 2 aromatic heterocycles. The highest BCUT2D eigenvalue weighted by Crippen LogP contribution is 2.31. The van der Waals surface area contributed by atoms with Crippen molar-refractivity contribution in [3.63, 3.8) is 0 Å². The number of hydrogen-bond acceptors (Lipinski definition) is 6. The van der Waals surface area contributed by atoms with E-state index in [0.29, 0.717) is 29.6 Å². The van der Waals surface area contributed by atoms with E-state index in [2.05, 4.69) is 20.3 Å². The lowest BCUT2D eigenvalue weighted by Gasteiger charge is -2.30. The highest BCUT2D eigenvalue weighted by atomic mass is 35.5. The highest BCUT2D eigenvalue weighted by molar-refractivity contribution is 7.13. The van der Waals surface area contributed by atoms with Crippen molar-refractivity contribution in [2.24, 2.45) is 7.05 Å². The Morgan fingerprint density at radius 2 is 2.15 bits per heavy atom. The Kier molecular flexibility index (Phi) is 5.11. The molecule has 1 aliphatic rings. The summed E-state index contributed by atoms with van der Waals surface area (Å²) >= 11 is 7.57. The Hall–Kier alpha value is -2.42. The van der Waals surface area contributed by atoms with Crippen molar-refractivity contribution in [2.45, 2.75) is 0 Å². The topological polar surface area (TPSA) is 72.3 Å². The van der Waals surface area contributed by atoms with Crippen LogP contribution in [0.3, 0.4) is 0 Å². The molecule has 9 heteroatoms. The Morgan fingerprint density at radius 3 is 2.89 bits per heavy atom. The first-order valence-electron chi connectivity index (χ1n) is 8.48. The second-order valence-electron chi connectivity index (χ2n) is 6.16. The SMILES string of the molecule is Cn1cc(-c2nc(C(=O)Nc3cc(Cl)ccc3N3CCOCC3)cs2)cn1. The minimum Gasteiger partial charge on any atom is -0.378 e. The van der Waals surface area contributed by atoms with Crippen LogP contribution in [0.1, 0.15) is 10.5 Å². The van der Waals surface area contributed by atoms with Gasteiger partial charge in [-0.25, -0.2) is 4.98 Å². The molecule has 1 saturated heterocycles. The molecule has 0 aliphatic carbocycles. The Labute approximate surface area is 165 Å². The molecular formula is C18H18ClN5O2S. The standard InChI is InChI=1S/C18H18ClN5O2S/c1-23-10-12(9-20-23)18-22-15(11-27-18)17(25)21-14-8-13(19)2-3-16(14)24-4-6-26-7-5-24/h2-3,8-11H,4-7H2,1H3,(H,21,25). The minimum absolute atomic E-state index is 0.266. The van der Waals surface area contributed by atoms with Crippen LogP contribution in [0.2, 0.25) is 5.02 Å². The third-order valence-corrected chi connectivity index (χ3v) is 5.37. The van der Waals surface area contributed by atoms with E-state index in [9.17, 15) is 4.79 Å². The maximum atomic E-state index is 12.7. The lowest BCUT2D eigenvalue weighted by atomic mass is 10.2. The third kappa shape index (κ3) is 3.97. The average molecular weight is 404 g/mol. The molecule has 0 unspecified atom stereocenters. The van der Waals surface area contributed by atoms with E-state index < -0.39 is 0 Å². The molecule has 3 aromatic rings. The highest BCUT2D eigenvalue weighted by Gasteiger charge is 2.19. The normalized spacial score (nSPS) is 14.4. The van der Waals surface area contributed by atoms with Crippen LogP contribution in [0.25, 0.3) is 10.6 Å². The molecule has 140 valence electrons. The Balaban J connectivity index is 1.56. The number of ether oxygens (including phenoxy) is 1. The molecule has 1 amide bonds. The van der Waals surface area contributed by atoms with Gasteiger partial charge < -0.3 is 15.0 Å². The number of carbonyl (C=O) groups excluding carboxylic acids is 1. The number of amides is 1. The third-order valence-electron chi connectivity index (χ3n) is 4.25. The van der Waals surface area contributed by atoms with Crippen molar-refractivity contribution in [2.75, 3.05) is 36.5 Å². The maximum absolute atomic E-state index is 12.7. The summed E-state index contributed by atoms with van der Waals surface area (Å²) in [5, 5.41) is 10.2. The van der Waals surface area contributed by atoms with Crippen LogP contribution in [0.4, 0.5) is 11.4 Å². The van der Waals surface area contributed by atoms with Crippen molar-refractivity contribution < 1.29 is 9.53 Å². The van der Waals surface area contributed by atoms with E-state index in [1.165, 1.54) is 11.3 Å². The predicted octanol–water partition coefficient (Wildman–Crippen LogP) is 3.29. The van der Waals surface area contributed by atoms with Gasteiger partial charge in [-0.1, -0.05) is 11.6 Å². The van der Waals surface area contributed by atoms with E-state index in [0.717, 1.165) is 29.3 Å². The Bertz CT molecular complexity index is 964. The fraction of sp³-hybridized carbons (Fsp3) is 0.278. The molecular weight excluding hydrogens is 386 g/mol. The van der Waals surface area contributed by atoms with Crippen molar-refractivity contribution in [3.8, 4) is 10.6 Å². The molecule has 4 rings (SSSR count). The van der Waals surface area contributed by atoms with E-state index >= 15 is 0 Å². The molecule has 0 atom stereocenters. The molecule has 1 fully saturated rings. The van der Waals surface area contributed by atoms with Crippen molar-refractivity contribution >= 4 is 40.2 Å². The van der Waals surface area contributed by atoms with Gasteiger partial charge in [0.25, 0.3) is 5.91 Å². The number of aryl methyl sites for hydroxylation is 1. The van der Waals surface area contributed by atoms with Crippen LogP contribution in [-0.4, -0.2) is 47.0 Å². The van der Waals surface area contributed by atoms with Crippen LogP contribution >= 0.6 is 22.9 Å². The number of rotatable bonds is 4. The van der Waals surface area contributed by atoms with Crippen LogP contribution in [-0.2, 0) is 11.8 Å². The predicted molar refractivity (Wildman–Crippen MR) is 107 cm³/mol. The van der Waals surface area contributed by atoms with Gasteiger partial charge in [0.15, 0.2) is 0 Å². The molecule has 1 aromatic carbocycles. The zero-order chi connectivity index (χ0) is 18.8. The summed E-state index contributed by atoms with van der Waals surface area (Å²) in [5.74, 6) is -0.266. The van der Waals surface area contributed by atoms with Crippen molar-refractivity contribution in [1.29, 1.82) is 0 Å². The Morgan fingerprint density at radius 1 is 1.33 bits per heavy atom. The summed E-state index contributed by atoms with van der Waals surface area (Å²) in [6, 6.07) is 5.51. The van der Waals surface area contributed by atoms with Crippen molar-refractivity contribution in [3.05, 3.63) is 46.7 Å². The molecule has 0 saturated carbocycles. The molecule has 27 heavy (non-hydrogen) atoms. The fourth-order valence-corrected chi connectivity index (χ4v) is 3.86. The molecule has 0 spiro atoms. The van der Waals surface area contributed by atoms with Gasteiger partial charge in [-0.3, -0.25) is 9.48 Å². The van der Waals surface area contributed by atoms with E-state index in [1.807, 2.05) is 25.4 Å². The average Bonchev–Trinajstić information content (AvgIpc) is 3.31. The van der Waals surface area contributed by atoms with Gasteiger partial charge in [-0.05, 0) is 18.2 Å². The number of aromatic nitrogens is 3. The summed E-state index contributed by atoms with van der Waals surface area (Å²) in [4.78, 5) is 19.4. The van der Waals surface area contributed by atoms with Gasteiger partial charge >= 0.3 is 0 Å². The van der Waals surface area contributed by atoms with E-state index in [1.54, 1.807) is 22.3 Å². The van der Waals surface area contributed by atoms with E-state index in [4.69, 9.17) is 16.3 Å².